The number of hydrogen-bond acceptors (Lipinski definition) is 3. The number of methoxy groups -OCH3 is 1. The molecule has 1 fully saturated rings. The van der Waals surface area contributed by atoms with Crippen molar-refractivity contribution < 1.29 is 9.84 Å². The van der Waals surface area contributed by atoms with E-state index in [1.807, 2.05) is 25.1 Å². The Bertz CT molecular complexity index is 351. The molecule has 2 N–H and O–H groups in total. The van der Waals surface area contributed by atoms with Crippen molar-refractivity contribution in [3.05, 3.63) is 29.3 Å². The van der Waals surface area contributed by atoms with Crippen molar-refractivity contribution in [3.63, 3.8) is 0 Å². The van der Waals surface area contributed by atoms with Crippen molar-refractivity contribution in [1.29, 1.82) is 0 Å². The van der Waals surface area contributed by atoms with Gasteiger partial charge in [0.05, 0.1) is 19.3 Å². The Kier molecular flexibility index (Phi) is 2.93. The van der Waals surface area contributed by atoms with Crippen LogP contribution in [0.15, 0.2) is 18.2 Å². The molecule has 1 aromatic rings. The van der Waals surface area contributed by atoms with E-state index in [0.29, 0.717) is 0 Å². The van der Waals surface area contributed by atoms with Crippen LogP contribution < -0.4 is 10.1 Å². The lowest BCUT2D eigenvalue weighted by Gasteiger charge is -2.18. The number of nitrogens with one attached hydrogen (secondary N) is 1. The van der Waals surface area contributed by atoms with Gasteiger partial charge in [-0.1, -0.05) is 12.1 Å². The monoisotopic (exact) mass is 207 g/mol. The molecule has 1 saturated heterocycles. The Labute approximate surface area is 90.1 Å². The average molecular weight is 207 g/mol. The largest absolute Gasteiger partial charge is 0.496 e. The van der Waals surface area contributed by atoms with Crippen molar-refractivity contribution >= 4 is 0 Å². The molecule has 3 nitrogen and oxygen atoms in total. The van der Waals surface area contributed by atoms with Crippen molar-refractivity contribution in [3.8, 4) is 5.75 Å². The van der Waals surface area contributed by atoms with E-state index in [9.17, 15) is 5.11 Å². The highest BCUT2D eigenvalue weighted by Gasteiger charge is 2.28. The highest BCUT2D eigenvalue weighted by atomic mass is 16.5. The van der Waals surface area contributed by atoms with Crippen LogP contribution in [-0.4, -0.2) is 24.9 Å². The van der Waals surface area contributed by atoms with Gasteiger partial charge in [0.15, 0.2) is 0 Å². The molecular formula is C12H17NO2. The summed E-state index contributed by atoms with van der Waals surface area (Å²) in [6, 6.07) is 6.09. The maximum atomic E-state index is 9.81. The molecule has 0 amide bonds. The molecule has 1 aromatic carbocycles. The van der Waals surface area contributed by atoms with Gasteiger partial charge in [-0.3, -0.25) is 0 Å². The molecule has 0 aliphatic carbocycles. The minimum atomic E-state index is -0.304. The molecule has 15 heavy (non-hydrogen) atoms. The van der Waals surface area contributed by atoms with Crippen molar-refractivity contribution in [2.24, 2.45) is 0 Å². The van der Waals surface area contributed by atoms with Crippen molar-refractivity contribution in [2.75, 3.05) is 13.7 Å². The van der Waals surface area contributed by atoms with Gasteiger partial charge in [-0.15, -0.1) is 0 Å². The zero-order valence-corrected chi connectivity index (χ0v) is 9.16. The molecule has 2 atom stereocenters. The van der Waals surface area contributed by atoms with Gasteiger partial charge in [-0.05, 0) is 31.5 Å². The van der Waals surface area contributed by atoms with Crippen LogP contribution in [0.25, 0.3) is 0 Å². The molecule has 0 aromatic heterocycles. The number of aliphatic hydroxyl groups excluding tert-OH is 1. The van der Waals surface area contributed by atoms with Crippen LogP contribution in [0.1, 0.15) is 23.6 Å². The Hall–Kier alpha value is -1.06. The molecule has 0 saturated carbocycles. The molecule has 0 radical (unpaired) electrons. The summed E-state index contributed by atoms with van der Waals surface area (Å²) in [6.07, 6.45) is 0.503. The summed E-state index contributed by atoms with van der Waals surface area (Å²) < 4.78 is 5.34. The van der Waals surface area contributed by atoms with E-state index in [2.05, 4.69) is 5.32 Å². The van der Waals surface area contributed by atoms with Crippen LogP contribution in [0.2, 0.25) is 0 Å². The number of aryl methyl sites for hydroxylation is 1. The molecule has 1 aliphatic rings. The summed E-state index contributed by atoms with van der Waals surface area (Å²) in [4.78, 5) is 0. The van der Waals surface area contributed by atoms with Crippen LogP contribution in [0, 0.1) is 6.92 Å². The molecule has 2 rings (SSSR count). The van der Waals surface area contributed by atoms with Gasteiger partial charge >= 0.3 is 0 Å². The van der Waals surface area contributed by atoms with E-state index < -0.39 is 0 Å². The second kappa shape index (κ2) is 4.21. The van der Waals surface area contributed by atoms with E-state index >= 15 is 0 Å². The highest BCUT2D eigenvalue weighted by molar-refractivity contribution is 5.40. The Morgan fingerprint density at radius 3 is 2.87 bits per heavy atom. The van der Waals surface area contributed by atoms with Crippen LogP contribution in [0.4, 0.5) is 0 Å². The first-order valence-electron chi connectivity index (χ1n) is 5.28. The minimum Gasteiger partial charge on any atom is -0.496 e. The summed E-state index contributed by atoms with van der Waals surface area (Å²) in [5.41, 5.74) is 2.22. The second-order valence-electron chi connectivity index (χ2n) is 4.03. The van der Waals surface area contributed by atoms with Gasteiger partial charge in [0, 0.05) is 5.56 Å². The summed E-state index contributed by atoms with van der Waals surface area (Å²) in [5.74, 6) is 0.855. The molecule has 1 aliphatic heterocycles. The fourth-order valence-electron chi connectivity index (χ4n) is 2.08. The number of ether oxygens (including phenoxy) is 1. The van der Waals surface area contributed by atoms with Gasteiger partial charge < -0.3 is 15.2 Å². The Morgan fingerprint density at radius 1 is 1.47 bits per heavy atom. The number of hydrogen-bond donors (Lipinski definition) is 2. The lowest BCUT2D eigenvalue weighted by molar-refractivity contribution is 0.158. The minimum absolute atomic E-state index is 0.0144. The van der Waals surface area contributed by atoms with Gasteiger partial charge in [0.1, 0.15) is 5.75 Å². The predicted molar refractivity (Wildman–Crippen MR) is 59.1 cm³/mol. The van der Waals surface area contributed by atoms with Gasteiger partial charge in [0.25, 0.3) is 0 Å². The maximum absolute atomic E-state index is 9.81. The van der Waals surface area contributed by atoms with Crippen molar-refractivity contribution in [1.82, 2.24) is 5.32 Å². The Morgan fingerprint density at radius 2 is 2.27 bits per heavy atom. The third kappa shape index (κ3) is 1.98. The van der Waals surface area contributed by atoms with Gasteiger partial charge in [-0.25, -0.2) is 0 Å². The first-order chi connectivity index (χ1) is 7.22. The van der Waals surface area contributed by atoms with E-state index in [4.69, 9.17) is 4.74 Å². The summed E-state index contributed by atoms with van der Waals surface area (Å²) in [5, 5.41) is 13.1. The molecule has 3 heteroatoms. The zero-order valence-electron chi connectivity index (χ0n) is 9.16. The lowest BCUT2D eigenvalue weighted by Crippen LogP contribution is -2.21. The lowest BCUT2D eigenvalue weighted by atomic mass is 10.0. The van der Waals surface area contributed by atoms with Crippen LogP contribution in [0.3, 0.4) is 0 Å². The Balaban J connectivity index is 2.34. The molecule has 82 valence electrons. The van der Waals surface area contributed by atoms with E-state index in [1.54, 1.807) is 7.11 Å². The molecule has 2 unspecified atom stereocenters. The number of aliphatic hydroxyl groups is 1. The van der Waals surface area contributed by atoms with E-state index in [1.165, 1.54) is 5.56 Å². The van der Waals surface area contributed by atoms with E-state index in [-0.39, 0.29) is 12.1 Å². The van der Waals surface area contributed by atoms with Crippen LogP contribution >= 0.6 is 0 Å². The van der Waals surface area contributed by atoms with Crippen LogP contribution in [0.5, 0.6) is 5.75 Å². The summed E-state index contributed by atoms with van der Waals surface area (Å²) >= 11 is 0. The summed E-state index contributed by atoms with van der Waals surface area (Å²) in [6.45, 7) is 2.90. The van der Waals surface area contributed by atoms with E-state index in [0.717, 1.165) is 24.3 Å². The molecule has 1 heterocycles. The SMILES string of the molecule is COc1cc(C)ccc1C1NCCC1O. The fraction of sp³-hybridized carbons (Fsp3) is 0.500. The predicted octanol–water partition coefficient (Wildman–Crippen LogP) is 1.40. The van der Waals surface area contributed by atoms with Crippen LogP contribution in [-0.2, 0) is 0 Å². The third-order valence-corrected chi connectivity index (χ3v) is 2.91. The molecule has 0 spiro atoms. The summed E-state index contributed by atoms with van der Waals surface area (Å²) in [7, 11) is 1.67. The molecular weight excluding hydrogens is 190 g/mol. The molecule has 0 bridgehead atoms. The standard InChI is InChI=1S/C12H17NO2/c1-8-3-4-9(11(7-8)15-2)12-10(14)5-6-13-12/h3-4,7,10,12-14H,5-6H2,1-2H3. The third-order valence-electron chi connectivity index (χ3n) is 2.91. The average Bonchev–Trinajstić information content (AvgIpc) is 2.64. The maximum Gasteiger partial charge on any atom is 0.123 e. The van der Waals surface area contributed by atoms with Gasteiger partial charge in [-0.2, -0.15) is 0 Å². The normalized spacial score (nSPS) is 25.5. The van der Waals surface area contributed by atoms with Gasteiger partial charge in [0.2, 0.25) is 0 Å². The first-order valence-corrected chi connectivity index (χ1v) is 5.28. The topological polar surface area (TPSA) is 41.5 Å². The highest BCUT2D eigenvalue weighted by Crippen LogP contribution is 2.31. The zero-order chi connectivity index (χ0) is 10.8. The van der Waals surface area contributed by atoms with Crippen molar-refractivity contribution in [2.45, 2.75) is 25.5 Å². The quantitative estimate of drug-likeness (QED) is 0.770. The first kappa shape index (κ1) is 10.5. The fourth-order valence-corrected chi connectivity index (χ4v) is 2.08. The number of rotatable bonds is 2. The number of benzene rings is 1. The second-order valence-corrected chi connectivity index (χ2v) is 4.03. The smallest absolute Gasteiger partial charge is 0.123 e.